The molecular weight excluding hydrogens is 300 g/mol. The quantitative estimate of drug-likeness (QED) is 0.821. The lowest BCUT2D eigenvalue weighted by atomic mass is 10.2. The molecule has 1 heterocycles. The van der Waals surface area contributed by atoms with Crippen LogP contribution in [0.4, 0.5) is 4.79 Å². The fraction of sp³-hybridized carbons (Fsp3) is 0.438. The van der Waals surface area contributed by atoms with Crippen LogP contribution < -0.4 is 5.32 Å². The van der Waals surface area contributed by atoms with Gasteiger partial charge in [-0.3, -0.25) is 4.79 Å². The number of carbonyl (C=O) groups is 3. The van der Waals surface area contributed by atoms with Crippen molar-refractivity contribution < 1.29 is 23.9 Å². The predicted octanol–water partition coefficient (Wildman–Crippen LogP) is 1.08. The van der Waals surface area contributed by atoms with Gasteiger partial charge in [0.25, 0.3) is 0 Å². The number of likely N-dealkylation sites (tertiary alicyclic amines) is 1. The molecule has 7 nitrogen and oxygen atoms in total. The number of nitrogens with one attached hydrogen (secondary N) is 1. The molecule has 0 saturated carbocycles. The Morgan fingerprint density at radius 3 is 2.70 bits per heavy atom. The van der Waals surface area contributed by atoms with Gasteiger partial charge in [-0.05, 0) is 18.4 Å². The molecule has 23 heavy (non-hydrogen) atoms. The van der Waals surface area contributed by atoms with E-state index < -0.39 is 18.1 Å². The van der Waals surface area contributed by atoms with Crippen molar-refractivity contribution in [3.63, 3.8) is 0 Å². The van der Waals surface area contributed by atoms with E-state index in [0.717, 1.165) is 12.0 Å². The van der Waals surface area contributed by atoms with Gasteiger partial charge >= 0.3 is 12.1 Å². The number of carbonyl (C=O) groups excluding carboxylic acids is 3. The van der Waals surface area contributed by atoms with Gasteiger partial charge in [-0.1, -0.05) is 30.3 Å². The number of hydrogen-bond acceptors (Lipinski definition) is 5. The molecule has 0 aromatic heterocycles. The fourth-order valence-electron chi connectivity index (χ4n) is 2.47. The zero-order chi connectivity index (χ0) is 16.7. The first-order valence-corrected chi connectivity index (χ1v) is 7.43. The fourth-order valence-corrected chi connectivity index (χ4v) is 2.47. The SMILES string of the molecule is COC(=O)[C@@H]1CCCN1C(=O)CNC(=O)OCc1ccccc1. The Balaban J connectivity index is 1.75. The van der Waals surface area contributed by atoms with Crippen LogP contribution in [0, 0.1) is 0 Å². The Labute approximate surface area is 134 Å². The van der Waals surface area contributed by atoms with E-state index in [9.17, 15) is 14.4 Å². The number of methoxy groups -OCH3 is 1. The highest BCUT2D eigenvalue weighted by atomic mass is 16.5. The highest BCUT2D eigenvalue weighted by Crippen LogP contribution is 2.18. The summed E-state index contributed by atoms with van der Waals surface area (Å²) in [6, 6.07) is 8.68. The van der Waals surface area contributed by atoms with Gasteiger partial charge in [0.05, 0.1) is 7.11 Å². The van der Waals surface area contributed by atoms with Crippen LogP contribution in [0.3, 0.4) is 0 Å². The van der Waals surface area contributed by atoms with Crippen molar-refractivity contribution in [3.8, 4) is 0 Å². The average Bonchev–Trinajstić information content (AvgIpc) is 3.07. The molecule has 1 N–H and O–H groups in total. The maximum Gasteiger partial charge on any atom is 0.407 e. The summed E-state index contributed by atoms with van der Waals surface area (Å²) >= 11 is 0. The summed E-state index contributed by atoms with van der Waals surface area (Å²) in [5, 5.41) is 2.40. The van der Waals surface area contributed by atoms with Crippen molar-refractivity contribution in [1.82, 2.24) is 10.2 Å². The molecule has 124 valence electrons. The van der Waals surface area contributed by atoms with Gasteiger partial charge in [0.1, 0.15) is 19.2 Å². The van der Waals surface area contributed by atoms with Gasteiger partial charge in [-0.25, -0.2) is 9.59 Å². The first kappa shape index (κ1) is 16.8. The Morgan fingerprint density at radius 1 is 1.26 bits per heavy atom. The molecule has 2 rings (SSSR count). The molecule has 0 unspecified atom stereocenters. The standard InChI is InChI=1S/C16H20N2O5/c1-22-15(20)13-8-5-9-18(13)14(19)10-17-16(21)23-11-12-6-3-2-4-7-12/h2-4,6-7,13H,5,8-11H2,1H3,(H,17,21)/t13-/m0/s1. The van der Waals surface area contributed by atoms with Crippen LogP contribution in [-0.4, -0.2) is 49.1 Å². The third-order valence-corrected chi connectivity index (χ3v) is 3.64. The van der Waals surface area contributed by atoms with Crippen molar-refractivity contribution in [1.29, 1.82) is 0 Å². The van der Waals surface area contributed by atoms with Crippen LogP contribution >= 0.6 is 0 Å². The van der Waals surface area contributed by atoms with Crippen LogP contribution in [0.15, 0.2) is 30.3 Å². The maximum atomic E-state index is 12.1. The molecular formula is C16H20N2O5. The third-order valence-electron chi connectivity index (χ3n) is 3.64. The van der Waals surface area contributed by atoms with E-state index in [2.05, 4.69) is 10.1 Å². The maximum absolute atomic E-state index is 12.1. The van der Waals surface area contributed by atoms with Crippen molar-refractivity contribution in [2.24, 2.45) is 0 Å². The molecule has 7 heteroatoms. The highest BCUT2D eigenvalue weighted by molar-refractivity contribution is 5.87. The summed E-state index contributed by atoms with van der Waals surface area (Å²) in [6.45, 7) is 0.413. The van der Waals surface area contributed by atoms with E-state index >= 15 is 0 Å². The Hall–Kier alpha value is -2.57. The van der Waals surface area contributed by atoms with Crippen molar-refractivity contribution in [3.05, 3.63) is 35.9 Å². The molecule has 2 amide bonds. The molecule has 1 aromatic carbocycles. The van der Waals surface area contributed by atoms with Crippen molar-refractivity contribution >= 4 is 18.0 Å². The minimum Gasteiger partial charge on any atom is -0.467 e. The number of amides is 2. The minimum absolute atomic E-state index is 0.134. The monoisotopic (exact) mass is 320 g/mol. The second-order valence-electron chi connectivity index (χ2n) is 5.18. The molecule has 1 saturated heterocycles. The van der Waals surface area contributed by atoms with E-state index in [1.807, 2.05) is 30.3 Å². The largest absolute Gasteiger partial charge is 0.467 e. The smallest absolute Gasteiger partial charge is 0.407 e. The van der Waals surface area contributed by atoms with Crippen LogP contribution in [0.2, 0.25) is 0 Å². The summed E-state index contributed by atoms with van der Waals surface area (Å²) < 4.78 is 9.71. The lowest BCUT2D eigenvalue weighted by molar-refractivity contribution is -0.150. The zero-order valence-electron chi connectivity index (χ0n) is 13.0. The zero-order valence-corrected chi connectivity index (χ0v) is 13.0. The molecule has 1 fully saturated rings. The number of nitrogens with zero attached hydrogens (tertiary/aromatic N) is 1. The van der Waals surface area contributed by atoms with E-state index in [1.54, 1.807) is 0 Å². The van der Waals surface area contributed by atoms with E-state index in [4.69, 9.17) is 4.74 Å². The molecule has 1 atom stereocenters. The summed E-state index contributed by atoms with van der Waals surface area (Å²) in [5.74, 6) is -0.753. The summed E-state index contributed by atoms with van der Waals surface area (Å²) in [4.78, 5) is 36.7. The molecule has 0 aliphatic carbocycles. The first-order chi connectivity index (χ1) is 11.1. The van der Waals surface area contributed by atoms with Gasteiger partial charge in [-0.2, -0.15) is 0 Å². The van der Waals surface area contributed by atoms with Crippen LogP contribution in [0.1, 0.15) is 18.4 Å². The number of esters is 1. The summed E-state index contributed by atoms with van der Waals surface area (Å²) in [7, 11) is 1.29. The number of hydrogen-bond donors (Lipinski definition) is 1. The normalized spacial score (nSPS) is 16.7. The lowest BCUT2D eigenvalue weighted by Crippen LogP contribution is -2.45. The van der Waals surface area contributed by atoms with Crippen LogP contribution in [0.5, 0.6) is 0 Å². The van der Waals surface area contributed by atoms with Gasteiger partial charge in [0, 0.05) is 6.54 Å². The second kappa shape index (κ2) is 8.17. The van der Waals surface area contributed by atoms with Crippen LogP contribution in [0.25, 0.3) is 0 Å². The van der Waals surface area contributed by atoms with Gasteiger partial charge < -0.3 is 19.7 Å². The Bertz CT molecular complexity index is 561. The molecule has 0 spiro atoms. The second-order valence-corrected chi connectivity index (χ2v) is 5.18. The Kier molecular flexibility index (Phi) is 5.96. The van der Waals surface area contributed by atoms with Gasteiger partial charge in [0.15, 0.2) is 0 Å². The highest BCUT2D eigenvalue weighted by Gasteiger charge is 2.34. The Morgan fingerprint density at radius 2 is 2.00 bits per heavy atom. The number of rotatable bonds is 5. The first-order valence-electron chi connectivity index (χ1n) is 7.43. The van der Waals surface area contributed by atoms with Crippen molar-refractivity contribution in [2.75, 3.05) is 20.2 Å². The number of benzene rings is 1. The van der Waals surface area contributed by atoms with E-state index in [1.165, 1.54) is 12.0 Å². The van der Waals surface area contributed by atoms with Gasteiger partial charge in [-0.15, -0.1) is 0 Å². The van der Waals surface area contributed by atoms with Crippen LogP contribution in [-0.2, 0) is 25.7 Å². The predicted molar refractivity (Wildman–Crippen MR) is 81.4 cm³/mol. The minimum atomic E-state index is -0.670. The average molecular weight is 320 g/mol. The molecule has 0 bridgehead atoms. The lowest BCUT2D eigenvalue weighted by Gasteiger charge is -2.22. The number of alkyl carbamates (subject to hydrolysis) is 1. The third kappa shape index (κ3) is 4.70. The van der Waals surface area contributed by atoms with Crippen molar-refractivity contribution in [2.45, 2.75) is 25.5 Å². The molecule has 1 aliphatic rings. The van der Waals surface area contributed by atoms with E-state index in [0.29, 0.717) is 13.0 Å². The number of ether oxygens (including phenoxy) is 2. The summed E-state index contributed by atoms with van der Waals surface area (Å²) in [6.07, 6.45) is 0.650. The molecule has 0 radical (unpaired) electrons. The molecule has 1 aromatic rings. The summed E-state index contributed by atoms with van der Waals surface area (Å²) in [5.41, 5.74) is 0.860. The molecule has 1 aliphatic heterocycles. The van der Waals surface area contributed by atoms with Gasteiger partial charge in [0.2, 0.25) is 5.91 Å². The topological polar surface area (TPSA) is 84.9 Å². The van der Waals surface area contributed by atoms with E-state index in [-0.39, 0.29) is 19.1 Å².